The second-order valence-corrected chi connectivity index (χ2v) is 23.9. The topological polar surface area (TPSA) is 307 Å². The predicted octanol–water partition coefficient (Wildman–Crippen LogP) is 7.99. The van der Waals surface area contributed by atoms with Crippen LogP contribution in [0.3, 0.4) is 0 Å². The normalized spacial score (nSPS) is 29.2. The molecule has 19 heteroatoms. The number of aliphatic hydroxyl groups is 11. The Morgan fingerprint density at radius 3 is 1.24 bits per heavy atom. The summed E-state index contributed by atoms with van der Waals surface area (Å²) in [7, 11) is 0. The summed E-state index contributed by atoms with van der Waals surface area (Å²) in [4.78, 5) is 13.4. The average Bonchev–Trinajstić information content (AvgIpc) is 3.70. The molecule has 0 bridgehead atoms. The fraction of sp³-hybridized carbons (Fsp3) is 0.836. The highest BCUT2D eigenvalue weighted by Gasteiger charge is 2.53. The Morgan fingerprint density at radius 1 is 0.419 bits per heavy atom. The van der Waals surface area contributed by atoms with Crippen molar-refractivity contribution in [2.75, 3.05) is 26.4 Å². The largest absolute Gasteiger partial charge is 0.394 e. The Balaban J connectivity index is 1.46. The van der Waals surface area contributed by atoms with Crippen molar-refractivity contribution in [3.05, 3.63) is 60.8 Å². The third kappa shape index (κ3) is 31.5. The van der Waals surface area contributed by atoms with Gasteiger partial charge in [-0.05, 0) is 70.6 Å². The smallest absolute Gasteiger partial charge is 0.220 e. The van der Waals surface area contributed by atoms with Crippen LogP contribution in [-0.4, -0.2) is 193 Å². The third-order valence-electron chi connectivity index (χ3n) is 16.5. The Labute approximate surface area is 515 Å². The van der Waals surface area contributed by atoms with Crippen molar-refractivity contribution in [1.82, 2.24) is 5.32 Å². The van der Waals surface area contributed by atoms with Crippen LogP contribution in [0.4, 0.5) is 0 Å². The second-order valence-electron chi connectivity index (χ2n) is 23.9. The SMILES string of the molecule is CCCCCCC/C=C\C/C=C\C/C=C\CCCCCCCCCCCCC(=O)NC(COC1OC(CO)C(OC2OC(CO)C(OC3OC(CO)C(O)C(O)C3O)C(O)C2O)C(O)C1O)C(O)/C=C/CC/C=C/CCCCCCCCCCCC. The van der Waals surface area contributed by atoms with Gasteiger partial charge < -0.3 is 89.9 Å². The molecule has 3 saturated heterocycles. The summed E-state index contributed by atoms with van der Waals surface area (Å²) in [5.41, 5.74) is 0. The number of carbonyl (C=O) groups is 1. The molecule has 86 heavy (non-hydrogen) atoms. The summed E-state index contributed by atoms with van der Waals surface area (Å²) in [5, 5.41) is 120. The van der Waals surface area contributed by atoms with Crippen molar-refractivity contribution in [2.24, 2.45) is 0 Å². The van der Waals surface area contributed by atoms with Gasteiger partial charge >= 0.3 is 0 Å². The summed E-state index contributed by atoms with van der Waals surface area (Å²) in [6, 6.07) is -0.994. The van der Waals surface area contributed by atoms with Crippen LogP contribution in [0.1, 0.15) is 226 Å². The van der Waals surface area contributed by atoms with Crippen molar-refractivity contribution in [3.63, 3.8) is 0 Å². The molecular formula is C67H119NO18. The Kier molecular flexibility index (Phi) is 44.5. The van der Waals surface area contributed by atoms with Crippen LogP contribution in [0.2, 0.25) is 0 Å². The molecule has 0 aromatic carbocycles. The summed E-state index contributed by atoms with van der Waals surface area (Å²) in [6.07, 6.45) is 31.9. The van der Waals surface area contributed by atoms with E-state index in [4.69, 9.17) is 28.4 Å². The van der Waals surface area contributed by atoms with Crippen LogP contribution >= 0.6 is 0 Å². The van der Waals surface area contributed by atoms with Gasteiger partial charge in [-0.2, -0.15) is 0 Å². The van der Waals surface area contributed by atoms with Crippen molar-refractivity contribution >= 4 is 5.91 Å². The van der Waals surface area contributed by atoms with E-state index < -0.39 is 124 Å². The number of hydrogen-bond acceptors (Lipinski definition) is 18. The lowest BCUT2D eigenvalue weighted by Crippen LogP contribution is -2.66. The van der Waals surface area contributed by atoms with Gasteiger partial charge in [0.25, 0.3) is 0 Å². The number of aliphatic hydroxyl groups excluding tert-OH is 11. The van der Waals surface area contributed by atoms with Crippen LogP contribution in [0, 0.1) is 0 Å². The number of unbranched alkanes of at least 4 members (excludes halogenated alkanes) is 26. The molecular weight excluding hydrogens is 1110 g/mol. The number of amides is 1. The highest BCUT2D eigenvalue weighted by molar-refractivity contribution is 5.76. The predicted molar refractivity (Wildman–Crippen MR) is 332 cm³/mol. The van der Waals surface area contributed by atoms with Crippen molar-refractivity contribution in [2.45, 2.75) is 330 Å². The van der Waals surface area contributed by atoms with E-state index in [1.807, 2.05) is 6.08 Å². The maximum atomic E-state index is 13.4. The molecule has 3 fully saturated rings. The van der Waals surface area contributed by atoms with Crippen LogP contribution in [0.25, 0.3) is 0 Å². The number of rotatable bonds is 50. The van der Waals surface area contributed by atoms with E-state index in [9.17, 15) is 61.0 Å². The average molecular weight is 1230 g/mol. The molecule has 19 nitrogen and oxygen atoms in total. The zero-order chi connectivity index (χ0) is 62.6. The van der Waals surface area contributed by atoms with Crippen LogP contribution < -0.4 is 5.32 Å². The fourth-order valence-electron chi connectivity index (χ4n) is 11.0. The first kappa shape index (κ1) is 77.7. The molecule has 0 radical (unpaired) electrons. The lowest BCUT2D eigenvalue weighted by molar-refractivity contribution is -0.379. The quantitative estimate of drug-likeness (QED) is 0.0203. The molecule has 3 aliphatic rings. The van der Waals surface area contributed by atoms with Gasteiger partial charge in [0, 0.05) is 6.42 Å². The van der Waals surface area contributed by atoms with Gasteiger partial charge in [-0.25, -0.2) is 0 Å². The Morgan fingerprint density at radius 2 is 0.779 bits per heavy atom. The van der Waals surface area contributed by atoms with Gasteiger partial charge in [-0.3, -0.25) is 4.79 Å². The molecule has 1 amide bonds. The highest BCUT2D eigenvalue weighted by Crippen LogP contribution is 2.33. The van der Waals surface area contributed by atoms with Gasteiger partial charge in [0.15, 0.2) is 18.9 Å². The summed E-state index contributed by atoms with van der Waals surface area (Å²) < 4.78 is 34.3. The highest BCUT2D eigenvalue weighted by atomic mass is 16.8. The molecule has 0 saturated carbocycles. The van der Waals surface area contributed by atoms with E-state index >= 15 is 0 Å². The molecule has 17 unspecified atom stereocenters. The molecule has 3 rings (SSSR count). The first-order valence-corrected chi connectivity index (χ1v) is 33.5. The summed E-state index contributed by atoms with van der Waals surface area (Å²) in [6.45, 7) is 1.69. The zero-order valence-electron chi connectivity index (χ0n) is 52.5. The number of nitrogens with one attached hydrogen (secondary N) is 1. The Bertz CT molecular complexity index is 1800. The van der Waals surface area contributed by atoms with E-state index in [0.29, 0.717) is 12.8 Å². The molecule has 17 atom stereocenters. The number of hydrogen-bond donors (Lipinski definition) is 12. The van der Waals surface area contributed by atoms with E-state index in [-0.39, 0.29) is 18.9 Å². The van der Waals surface area contributed by atoms with Crippen molar-refractivity contribution < 1.29 is 89.4 Å². The first-order valence-electron chi connectivity index (χ1n) is 33.5. The maximum absolute atomic E-state index is 13.4. The lowest BCUT2D eigenvalue weighted by Gasteiger charge is -2.48. The van der Waals surface area contributed by atoms with E-state index in [1.165, 1.54) is 128 Å². The molecule has 0 aromatic heterocycles. The minimum Gasteiger partial charge on any atom is -0.394 e. The molecule has 3 aliphatic heterocycles. The Hall–Kier alpha value is -2.51. The van der Waals surface area contributed by atoms with Gasteiger partial charge in [0.05, 0.1) is 38.6 Å². The van der Waals surface area contributed by atoms with E-state index in [0.717, 1.165) is 64.2 Å². The summed E-state index contributed by atoms with van der Waals surface area (Å²) >= 11 is 0. The van der Waals surface area contributed by atoms with Crippen LogP contribution in [0.15, 0.2) is 60.8 Å². The van der Waals surface area contributed by atoms with Gasteiger partial charge in [0.1, 0.15) is 73.2 Å². The van der Waals surface area contributed by atoms with Gasteiger partial charge in [-0.1, -0.05) is 209 Å². The van der Waals surface area contributed by atoms with E-state index in [2.05, 4.69) is 67.8 Å². The van der Waals surface area contributed by atoms with Crippen LogP contribution in [-0.2, 0) is 33.2 Å². The monoisotopic (exact) mass is 1230 g/mol. The lowest BCUT2D eigenvalue weighted by atomic mass is 9.96. The van der Waals surface area contributed by atoms with Crippen molar-refractivity contribution in [3.8, 4) is 0 Å². The minimum absolute atomic E-state index is 0.229. The van der Waals surface area contributed by atoms with Crippen LogP contribution in [0.5, 0.6) is 0 Å². The first-order chi connectivity index (χ1) is 41.8. The molecule has 0 aromatic rings. The second kappa shape index (κ2) is 49.2. The number of carbonyl (C=O) groups excluding carboxylic acids is 1. The molecule has 0 spiro atoms. The van der Waals surface area contributed by atoms with Crippen molar-refractivity contribution in [1.29, 1.82) is 0 Å². The molecule has 3 heterocycles. The standard InChI is InChI=1S/C67H119NO18/c1-3-5-7-9-11-13-15-17-19-21-22-23-24-25-26-27-28-29-31-33-35-37-39-41-43-45-55(73)68-50(51(72)44-42-40-38-36-34-32-30-20-18-16-14-12-10-8-6-4-2)49-81-65-61(79)58(76)63(53(47-70)83-65)86-67-62(80)59(77)64(54(48-71)84-67)85-66-60(78)57(75)56(74)52(46-69)82-66/h15,17,21-22,24-25,34,36,42,44,50-54,56-67,69-72,74-80H,3-14,16,18-20,23,26-33,35,37-41,43,45-49H2,1-2H3,(H,68,73)/b17-15-,22-21-,25-24-,36-34+,44-42+. The number of ether oxygens (including phenoxy) is 6. The molecule has 500 valence electrons. The van der Waals surface area contributed by atoms with E-state index in [1.54, 1.807) is 6.08 Å². The zero-order valence-corrected chi connectivity index (χ0v) is 52.5. The maximum Gasteiger partial charge on any atom is 0.220 e. The molecule has 0 aliphatic carbocycles. The number of allylic oxidation sites excluding steroid dienone is 9. The van der Waals surface area contributed by atoms with Gasteiger partial charge in [0.2, 0.25) is 5.91 Å². The molecule has 12 N–H and O–H groups in total. The fourth-order valence-corrected chi connectivity index (χ4v) is 11.0. The third-order valence-corrected chi connectivity index (χ3v) is 16.5. The van der Waals surface area contributed by atoms with Gasteiger partial charge in [-0.15, -0.1) is 0 Å². The minimum atomic E-state index is -1.98. The summed E-state index contributed by atoms with van der Waals surface area (Å²) in [5.74, 6) is -0.291.